The Morgan fingerprint density at radius 2 is 2.06 bits per heavy atom. The molecule has 2 N–H and O–H groups in total. The van der Waals surface area contributed by atoms with Crippen LogP contribution in [0.5, 0.6) is 0 Å². The van der Waals surface area contributed by atoms with Crippen LogP contribution < -0.4 is 5.73 Å². The molecule has 3 aromatic heterocycles. The second kappa shape index (κ2) is 7.92. The summed E-state index contributed by atoms with van der Waals surface area (Å²) in [6, 6.07) is 3.25. The average Bonchev–Trinajstić information content (AvgIpc) is 3.20. The maximum atomic E-state index is 13.4. The number of nitrogen functional groups attached to an aromatic ring is 1. The van der Waals surface area contributed by atoms with Gasteiger partial charge in [-0.25, -0.2) is 9.97 Å². The summed E-state index contributed by atoms with van der Waals surface area (Å²) < 4.78 is 49.9. The molecule has 11 heteroatoms. The minimum absolute atomic E-state index is 0.122. The Morgan fingerprint density at radius 3 is 2.79 bits per heavy atom. The van der Waals surface area contributed by atoms with E-state index in [1.54, 1.807) is 6.07 Å². The Labute approximate surface area is 186 Å². The van der Waals surface area contributed by atoms with Crippen LogP contribution in [0.25, 0.3) is 10.9 Å². The third-order valence-corrected chi connectivity index (χ3v) is 6.00. The summed E-state index contributed by atoms with van der Waals surface area (Å²) in [5.74, 6) is 0.00874. The molecule has 3 aromatic rings. The van der Waals surface area contributed by atoms with Crippen LogP contribution in [0.4, 0.5) is 19.0 Å². The number of anilines is 1. The lowest BCUT2D eigenvalue weighted by atomic mass is 10.0. The summed E-state index contributed by atoms with van der Waals surface area (Å²) in [5, 5.41) is 0.736. The molecule has 0 unspecified atom stereocenters. The average molecular weight is 459 g/mol. The highest BCUT2D eigenvalue weighted by Gasteiger charge is 2.34. The van der Waals surface area contributed by atoms with Crippen molar-refractivity contribution in [3.63, 3.8) is 0 Å². The quantitative estimate of drug-likeness (QED) is 0.626. The molecule has 0 spiro atoms. The number of hydrogen-bond acceptors (Lipinski definition) is 7. The lowest BCUT2D eigenvalue weighted by Gasteiger charge is -2.35. The van der Waals surface area contributed by atoms with Crippen LogP contribution in [0, 0.1) is 0 Å². The Kier molecular flexibility index (Phi) is 5.17. The highest BCUT2D eigenvalue weighted by molar-refractivity contribution is 5.97. The van der Waals surface area contributed by atoms with E-state index in [9.17, 15) is 18.0 Å². The van der Waals surface area contributed by atoms with Crippen LogP contribution in [0.2, 0.25) is 0 Å². The minimum atomic E-state index is -4.49. The number of alkyl halides is 3. The highest BCUT2D eigenvalue weighted by Crippen LogP contribution is 2.38. The number of carbonyl (C=O) groups is 1. The number of pyridine rings is 3. The molecule has 2 atom stereocenters. The zero-order chi connectivity index (χ0) is 23.3. The van der Waals surface area contributed by atoms with Gasteiger partial charge in [0.25, 0.3) is 5.91 Å². The molecule has 1 amide bonds. The molecular weight excluding hydrogens is 439 g/mol. The molecule has 5 rings (SSSR count). The number of nitrogens with two attached hydrogens (primary N) is 1. The van der Waals surface area contributed by atoms with E-state index in [1.807, 2.05) is 6.92 Å². The van der Waals surface area contributed by atoms with E-state index in [1.165, 1.54) is 17.2 Å². The Balaban J connectivity index is 1.49. The van der Waals surface area contributed by atoms with Gasteiger partial charge >= 0.3 is 6.18 Å². The molecule has 172 valence electrons. The fourth-order valence-electron chi connectivity index (χ4n) is 4.30. The van der Waals surface area contributed by atoms with Gasteiger partial charge in [-0.3, -0.25) is 9.78 Å². The molecule has 2 aliphatic rings. The molecule has 0 aliphatic carbocycles. The third-order valence-electron chi connectivity index (χ3n) is 6.00. The Hall–Kier alpha value is -3.31. The van der Waals surface area contributed by atoms with E-state index in [0.29, 0.717) is 30.2 Å². The summed E-state index contributed by atoms with van der Waals surface area (Å²) >= 11 is 0. The van der Waals surface area contributed by atoms with E-state index in [-0.39, 0.29) is 30.9 Å². The van der Waals surface area contributed by atoms with Gasteiger partial charge in [0.15, 0.2) is 0 Å². The predicted molar refractivity (Wildman–Crippen MR) is 111 cm³/mol. The van der Waals surface area contributed by atoms with E-state index in [2.05, 4.69) is 15.0 Å². The molecule has 5 heterocycles. The van der Waals surface area contributed by atoms with Crippen LogP contribution in [-0.4, -0.2) is 45.5 Å². The molecule has 1 saturated heterocycles. The second-order valence-electron chi connectivity index (χ2n) is 7.99. The number of fused-ring (bicyclic) bond motifs is 3. The van der Waals surface area contributed by atoms with Gasteiger partial charge in [0.2, 0.25) is 0 Å². The molecule has 1 fully saturated rings. The lowest BCUT2D eigenvalue weighted by molar-refractivity contribution is -0.137. The molecule has 0 radical (unpaired) electrons. The number of ether oxygens (including phenoxy) is 2. The summed E-state index contributed by atoms with van der Waals surface area (Å²) in [4.78, 5) is 27.6. The van der Waals surface area contributed by atoms with E-state index in [4.69, 9.17) is 15.2 Å². The number of aromatic nitrogens is 3. The van der Waals surface area contributed by atoms with E-state index < -0.39 is 17.8 Å². The molecule has 8 nitrogen and oxygen atoms in total. The summed E-state index contributed by atoms with van der Waals surface area (Å²) in [7, 11) is 0. The van der Waals surface area contributed by atoms with Crippen LogP contribution in [-0.2, 0) is 22.3 Å². The fourth-order valence-corrected chi connectivity index (χ4v) is 4.30. The van der Waals surface area contributed by atoms with Gasteiger partial charge in [-0.05, 0) is 30.7 Å². The van der Waals surface area contributed by atoms with Crippen LogP contribution in [0.3, 0.4) is 0 Å². The Bertz CT molecular complexity index is 1230. The molecule has 2 aliphatic heterocycles. The molecular formula is C22H20F3N5O3. The van der Waals surface area contributed by atoms with Crippen molar-refractivity contribution >= 4 is 22.6 Å². The smallest absolute Gasteiger partial charge is 0.383 e. The van der Waals surface area contributed by atoms with Crippen LogP contribution >= 0.6 is 0 Å². The minimum Gasteiger partial charge on any atom is -0.383 e. The van der Waals surface area contributed by atoms with E-state index in [0.717, 1.165) is 28.8 Å². The van der Waals surface area contributed by atoms with Gasteiger partial charge in [0.05, 0.1) is 54.9 Å². The van der Waals surface area contributed by atoms with Crippen molar-refractivity contribution in [3.8, 4) is 0 Å². The number of amides is 1. The van der Waals surface area contributed by atoms with Crippen molar-refractivity contribution in [1.29, 1.82) is 0 Å². The van der Waals surface area contributed by atoms with Crippen molar-refractivity contribution in [1.82, 2.24) is 19.9 Å². The van der Waals surface area contributed by atoms with Gasteiger partial charge in [-0.15, -0.1) is 0 Å². The molecule has 33 heavy (non-hydrogen) atoms. The van der Waals surface area contributed by atoms with Gasteiger partial charge in [0, 0.05) is 23.7 Å². The van der Waals surface area contributed by atoms with Gasteiger partial charge in [-0.1, -0.05) is 0 Å². The second-order valence-corrected chi connectivity index (χ2v) is 7.99. The molecule has 0 bridgehead atoms. The topological polar surface area (TPSA) is 103 Å². The first-order valence-electron chi connectivity index (χ1n) is 10.4. The van der Waals surface area contributed by atoms with Crippen LogP contribution in [0.1, 0.15) is 51.9 Å². The van der Waals surface area contributed by atoms with Crippen molar-refractivity contribution < 1.29 is 27.4 Å². The highest BCUT2D eigenvalue weighted by atomic mass is 19.4. The van der Waals surface area contributed by atoms with Crippen molar-refractivity contribution in [2.75, 3.05) is 25.5 Å². The first kappa shape index (κ1) is 21.5. The van der Waals surface area contributed by atoms with Gasteiger partial charge in [0.1, 0.15) is 11.5 Å². The molecule has 0 saturated carbocycles. The first-order valence-corrected chi connectivity index (χ1v) is 10.4. The summed E-state index contributed by atoms with van der Waals surface area (Å²) in [6.07, 6.45) is -2.42. The zero-order valence-corrected chi connectivity index (χ0v) is 17.6. The predicted octanol–water partition coefficient (Wildman–Crippen LogP) is 3.43. The van der Waals surface area contributed by atoms with Gasteiger partial charge < -0.3 is 20.1 Å². The number of hydrogen-bond donors (Lipinski definition) is 1. The van der Waals surface area contributed by atoms with Crippen LogP contribution in [0.15, 0.2) is 30.6 Å². The number of halogens is 3. The monoisotopic (exact) mass is 459 g/mol. The van der Waals surface area contributed by atoms with Gasteiger partial charge in [-0.2, -0.15) is 13.2 Å². The Morgan fingerprint density at radius 1 is 1.24 bits per heavy atom. The summed E-state index contributed by atoms with van der Waals surface area (Å²) in [5.41, 5.74) is 7.98. The number of rotatable bonds is 2. The third kappa shape index (κ3) is 3.76. The lowest BCUT2D eigenvalue weighted by Crippen LogP contribution is -2.44. The largest absolute Gasteiger partial charge is 0.417 e. The van der Waals surface area contributed by atoms with Crippen molar-refractivity contribution in [2.24, 2.45) is 0 Å². The maximum Gasteiger partial charge on any atom is 0.417 e. The number of nitrogens with zero attached hydrogens (tertiary/aromatic N) is 4. The van der Waals surface area contributed by atoms with Crippen molar-refractivity contribution in [3.05, 3.63) is 58.7 Å². The van der Waals surface area contributed by atoms with E-state index >= 15 is 0 Å². The molecule has 0 aromatic carbocycles. The standard InChI is InChI=1S/C22H20F3N5O3/c1-11-19-14(9-33-11)13-6-16(28-8-17(13)29-20(19)26)21(31)30-4-5-32-10-18(30)15-3-2-12(7-27-15)22(23,24)25/h2-3,6-8,11,18H,4-5,9-10H2,1H3,(H2,26,29)/t11-,18+/m1/s1. The van der Waals surface area contributed by atoms with Crippen molar-refractivity contribution in [2.45, 2.75) is 31.9 Å². The normalized spacial score (nSPS) is 20.8. The SMILES string of the molecule is C[C@H]1OCc2c1c(N)nc1cnc(C(=O)N3CCOC[C@H]3c3ccc(C(F)(F)F)cn3)cc21. The maximum absolute atomic E-state index is 13.4. The summed E-state index contributed by atoms with van der Waals surface area (Å²) in [6.45, 7) is 2.92. The number of carbonyl (C=O) groups excluding carboxylic acids is 1. The zero-order valence-electron chi connectivity index (χ0n) is 17.6. The first-order chi connectivity index (χ1) is 15.7. The fraction of sp³-hybridized carbons (Fsp3) is 0.364. The number of morpholine rings is 1.